The molecule has 18 heavy (non-hydrogen) atoms. The van der Waals surface area contributed by atoms with Gasteiger partial charge >= 0.3 is 0 Å². The normalized spacial score (nSPS) is 19.4. The number of hydrogen-bond donors (Lipinski definition) is 1. The second-order valence-electron chi connectivity index (χ2n) is 4.28. The van der Waals surface area contributed by atoms with E-state index in [1.807, 2.05) is 5.38 Å². The van der Waals surface area contributed by atoms with Gasteiger partial charge in [-0.1, -0.05) is 5.16 Å². The largest absolute Gasteiger partial charge is 0.381 e. The zero-order valence-electron chi connectivity index (χ0n) is 9.83. The van der Waals surface area contributed by atoms with Crippen LogP contribution in [0.3, 0.4) is 0 Å². The second-order valence-corrected chi connectivity index (χ2v) is 5.17. The number of aromatic nitrogens is 3. The van der Waals surface area contributed by atoms with Crippen LogP contribution in [0.25, 0.3) is 0 Å². The van der Waals surface area contributed by atoms with Gasteiger partial charge in [-0.25, -0.2) is 4.98 Å². The number of rotatable bonds is 4. The molecule has 96 valence electrons. The molecule has 0 aromatic carbocycles. The standard InChI is InChI=1S/C11H14N4O2S/c12-11-13-8(6-18-11)1-2-9-14-10(15-17-9)7-3-4-16-5-7/h6-7H,1-5H2,(H2,12,13). The van der Waals surface area contributed by atoms with Crippen LogP contribution in [0.1, 0.15) is 29.7 Å². The molecule has 1 aliphatic heterocycles. The van der Waals surface area contributed by atoms with Gasteiger partial charge in [-0.2, -0.15) is 4.98 Å². The molecule has 0 spiro atoms. The van der Waals surface area contributed by atoms with Crippen molar-refractivity contribution in [1.29, 1.82) is 0 Å². The van der Waals surface area contributed by atoms with Crippen molar-refractivity contribution in [2.24, 2.45) is 0 Å². The van der Waals surface area contributed by atoms with Crippen LogP contribution in [0.2, 0.25) is 0 Å². The summed E-state index contributed by atoms with van der Waals surface area (Å²) < 4.78 is 10.5. The monoisotopic (exact) mass is 266 g/mol. The Kier molecular flexibility index (Phi) is 3.24. The molecule has 1 aliphatic rings. The molecule has 1 saturated heterocycles. The molecular formula is C11H14N4O2S. The number of nitrogen functional groups attached to an aromatic ring is 1. The van der Waals surface area contributed by atoms with E-state index in [0.717, 1.165) is 31.0 Å². The molecule has 0 amide bonds. The number of nitrogens with two attached hydrogens (primary N) is 1. The summed E-state index contributed by atoms with van der Waals surface area (Å²) in [5.74, 6) is 1.71. The molecule has 2 aromatic heterocycles. The fourth-order valence-electron chi connectivity index (χ4n) is 1.95. The zero-order valence-corrected chi connectivity index (χ0v) is 10.7. The van der Waals surface area contributed by atoms with E-state index >= 15 is 0 Å². The SMILES string of the molecule is Nc1nc(CCc2nc(C3CCOC3)no2)cs1. The van der Waals surface area contributed by atoms with E-state index in [1.54, 1.807) is 0 Å². The third-order valence-corrected chi connectivity index (χ3v) is 3.67. The Labute approximate surface area is 108 Å². The van der Waals surface area contributed by atoms with Crippen LogP contribution in [0, 0.1) is 0 Å². The van der Waals surface area contributed by atoms with Crippen molar-refractivity contribution in [3.8, 4) is 0 Å². The van der Waals surface area contributed by atoms with Gasteiger partial charge in [0.1, 0.15) is 0 Å². The maximum atomic E-state index is 5.58. The van der Waals surface area contributed by atoms with Crippen molar-refractivity contribution in [1.82, 2.24) is 15.1 Å². The molecule has 2 aromatic rings. The molecule has 0 bridgehead atoms. The lowest BCUT2D eigenvalue weighted by atomic mass is 10.1. The maximum absolute atomic E-state index is 5.58. The predicted molar refractivity (Wildman–Crippen MR) is 66.4 cm³/mol. The predicted octanol–water partition coefficient (Wildman–Crippen LogP) is 1.40. The van der Waals surface area contributed by atoms with Crippen molar-refractivity contribution in [3.63, 3.8) is 0 Å². The summed E-state index contributed by atoms with van der Waals surface area (Å²) in [7, 11) is 0. The van der Waals surface area contributed by atoms with Crippen molar-refractivity contribution >= 4 is 16.5 Å². The van der Waals surface area contributed by atoms with E-state index in [9.17, 15) is 0 Å². The smallest absolute Gasteiger partial charge is 0.227 e. The summed E-state index contributed by atoms with van der Waals surface area (Å²) >= 11 is 1.45. The Hall–Kier alpha value is -1.47. The summed E-state index contributed by atoms with van der Waals surface area (Å²) in [6, 6.07) is 0. The van der Waals surface area contributed by atoms with Gasteiger partial charge in [0.05, 0.1) is 12.3 Å². The minimum atomic E-state index is 0.289. The van der Waals surface area contributed by atoms with Crippen LogP contribution >= 0.6 is 11.3 Å². The van der Waals surface area contributed by atoms with Crippen molar-refractivity contribution in [2.45, 2.75) is 25.2 Å². The number of ether oxygens (including phenoxy) is 1. The Morgan fingerprint density at radius 3 is 3.06 bits per heavy atom. The zero-order chi connectivity index (χ0) is 12.4. The molecule has 3 rings (SSSR count). The van der Waals surface area contributed by atoms with E-state index in [-0.39, 0.29) is 5.92 Å². The fraction of sp³-hybridized carbons (Fsp3) is 0.545. The third kappa shape index (κ3) is 2.51. The first kappa shape index (κ1) is 11.6. The Morgan fingerprint density at radius 2 is 2.33 bits per heavy atom. The molecule has 6 nitrogen and oxygen atoms in total. The van der Waals surface area contributed by atoms with Crippen molar-refractivity contribution < 1.29 is 9.26 Å². The van der Waals surface area contributed by atoms with Gasteiger partial charge in [-0.05, 0) is 12.8 Å². The second kappa shape index (κ2) is 5.03. The molecule has 7 heteroatoms. The molecule has 0 radical (unpaired) electrons. The van der Waals surface area contributed by atoms with E-state index in [2.05, 4.69) is 15.1 Å². The fourth-order valence-corrected chi connectivity index (χ4v) is 2.54. The highest BCUT2D eigenvalue weighted by atomic mass is 32.1. The first-order valence-corrected chi connectivity index (χ1v) is 6.79. The van der Waals surface area contributed by atoms with Crippen molar-refractivity contribution in [2.75, 3.05) is 18.9 Å². The summed E-state index contributed by atoms with van der Waals surface area (Å²) in [5.41, 5.74) is 6.55. The lowest BCUT2D eigenvalue weighted by Crippen LogP contribution is -2.00. The number of thiazole rings is 1. The van der Waals surface area contributed by atoms with Gasteiger partial charge in [0.2, 0.25) is 5.89 Å². The first-order chi connectivity index (χ1) is 8.81. The average Bonchev–Trinajstić information content (AvgIpc) is 3.07. The number of hydrogen-bond acceptors (Lipinski definition) is 7. The van der Waals surface area contributed by atoms with Crippen LogP contribution < -0.4 is 5.73 Å². The molecular weight excluding hydrogens is 252 g/mol. The quantitative estimate of drug-likeness (QED) is 0.900. The van der Waals surface area contributed by atoms with Crippen molar-refractivity contribution in [3.05, 3.63) is 22.8 Å². The molecule has 2 N–H and O–H groups in total. The van der Waals surface area contributed by atoms with Crippen LogP contribution in [-0.2, 0) is 17.6 Å². The van der Waals surface area contributed by atoms with Crippen LogP contribution in [0.5, 0.6) is 0 Å². The first-order valence-electron chi connectivity index (χ1n) is 5.91. The van der Waals surface area contributed by atoms with Gasteiger partial charge in [-0.3, -0.25) is 0 Å². The molecule has 1 fully saturated rings. The molecule has 1 atom stereocenters. The van der Waals surface area contributed by atoms with Crippen LogP contribution in [-0.4, -0.2) is 28.3 Å². The topological polar surface area (TPSA) is 87.1 Å². The number of nitrogens with zero attached hydrogens (tertiary/aromatic N) is 3. The molecule has 0 aliphatic carbocycles. The Balaban J connectivity index is 1.59. The van der Waals surface area contributed by atoms with E-state index < -0.39 is 0 Å². The van der Waals surface area contributed by atoms with Gasteiger partial charge in [-0.15, -0.1) is 11.3 Å². The third-order valence-electron chi connectivity index (χ3n) is 2.94. The maximum Gasteiger partial charge on any atom is 0.227 e. The number of aryl methyl sites for hydroxylation is 2. The summed E-state index contributed by atoms with van der Waals surface area (Å²) in [4.78, 5) is 8.60. The number of anilines is 1. The molecule has 1 unspecified atom stereocenters. The lowest BCUT2D eigenvalue weighted by molar-refractivity contribution is 0.192. The van der Waals surface area contributed by atoms with Gasteiger partial charge in [0, 0.05) is 24.3 Å². The summed E-state index contributed by atoms with van der Waals surface area (Å²) in [5, 5.41) is 6.56. The molecule has 0 saturated carbocycles. The van der Waals surface area contributed by atoms with E-state index in [1.165, 1.54) is 11.3 Å². The average molecular weight is 266 g/mol. The summed E-state index contributed by atoms with van der Waals surface area (Å²) in [6.45, 7) is 1.48. The van der Waals surface area contributed by atoms with Crippen LogP contribution in [0.4, 0.5) is 5.13 Å². The minimum Gasteiger partial charge on any atom is -0.381 e. The highest BCUT2D eigenvalue weighted by molar-refractivity contribution is 7.13. The highest BCUT2D eigenvalue weighted by Gasteiger charge is 2.22. The minimum absolute atomic E-state index is 0.289. The highest BCUT2D eigenvalue weighted by Crippen LogP contribution is 2.22. The molecule has 3 heterocycles. The van der Waals surface area contributed by atoms with E-state index in [4.69, 9.17) is 15.0 Å². The van der Waals surface area contributed by atoms with Gasteiger partial charge in [0.15, 0.2) is 11.0 Å². The Bertz CT molecular complexity index is 519. The van der Waals surface area contributed by atoms with Gasteiger partial charge < -0.3 is 15.0 Å². The van der Waals surface area contributed by atoms with Crippen LogP contribution in [0.15, 0.2) is 9.90 Å². The Morgan fingerprint density at radius 1 is 1.39 bits per heavy atom. The van der Waals surface area contributed by atoms with E-state index in [0.29, 0.717) is 24.0 Å². The summed E-state index contributed by atoms with van der Waals surface area (Å²) in [6.07, 6.45) is 2.45. The lowest BCUT2D eigenvalue weighted by Gasteiger charge is -1.97. The van der Waals surface area contributed by atoms with Gasteiger partial charge in [0.25, 0.3) is 0 Å².